The zero-order chi connectivity index (χ0) is 22.5. The number of carbonyl (C=O) groups is 1. The molecule has 2 aromatic carbocycles. The maximum absolute atomic E-state index is 13.2. The lowest BCUT2D eigenvalue weighted by Gasteiger charge is -2.05. The van der Waals surface area contributed by atoms with Gasteiger partial charge in [0.05, 0.1) is 32.2 Å². The maximum atomic E-state index is 13.2. The van der Waals surface area contributed by atoms with Gasteiger partial charge in [-0.3, -0.25) is 4.79 Å². The van der Waals surface area contributed by atoms with Gasteiger partial charge in [-0.15, -0.1) is 11.3 Å². The van der Waals surface area contributed by atoms with Gasteiger partial charge in [0.15, 0.2) is 0 Å². The number of carbonyl (C=O) groups excluding carboxylic acids is 1. The molecular formula is C24H18N6OS2. The molecule has 1 amide bonds. The van der Waals surface area contributed by atoms with Crippen molar-refractivity contribution in [1.82, 2.24) is 24.5 Å². The topological polar surface area (TPSA) is 77.6 Å². The monoisotopic (exact) mass is 470 g/mol. The summed E-state index contributed by atoms with van der Waals surface area (Å²) in [4.78, 5) is 19.5. The SMILES string of the molecule is Cc1cc(NC(=O)c2cc3c(C)nn(-c4ccccc4)c3s2)n(-c2nc3ccccc3s2)n1. The number of hydrogen-bond acceptors (Lipinski definition) is 6. The number of thiophene rings is 1. The number of aromatic nitrogens is 5. The number of amides is 1. The molecule has 7 nitrogen and oxygen atoms in total. The second-order valence-electron chi connectivity index (χ2n) is 7.66. The minimum absolute atomic E-state index is 0.183. The van der Waals surface area contributed by atoms with Crippen molar-refractivity contribution in [3.63, 3.8) is 0 Å². The molecule has 0 fully saturated rings. The largest absolute Gasteiger partial charge is 0.306 e. The standard InChI is InChI=1S/C24H18N6OS2/c1-14-12-21(30(27-14)24-25-18-10-6-7-11-19(18)33-24)26-22(31)20-13-17-15(2)28-29(23(17)32-20)16-8-4-3-5-9-16/h3-13H,1-2H3,(H,26,31). The van der Waals surface area contributed by atoms with Gasteiger partial charge in [-0.1, -0.05) is 41.7 Å². The van der Waals surface area contributed by atoms with Crippen molar-refractivity contribution in [2.24, 2.45) is 0 Å². The van der Waals surface area contributed by atoms with Crippen LogP contribution in [0.25, 0.3) is 31.3 Å². The summed E-state index contributed by atoms with van der Waals surface area (Å²) in [6, 6.07) is 21.6. The molecule has 33 heavy (non-hydrogen) atoms. The average Bonchev–Trinajstić information content (AvgIpc) is 3.58. The molecule has 0 bridgehead atoms. The zero-order valence-electron chi connectivity index (χ0n) is 17.8. The average molecular weight is 471 g/mol. The van der Waals surface area contributed by atoms with E-state index >= 15 is 0 Å². The lowest BCUT2D eigenvalue weighted by Crippen LogP contribution is -2.13. The Morgan fingerprint density at radius 3 is 2.52 bits per heavy atom. The van der Waals surface area contributed by atoms with Gasteiger partial charge in [0.2, 0.25) is 5.13 Å². The normalized spacial score (nSPS) is 11.5. The number of para-hydroxylation sites is 2. The lowest BCUT2D eigenvalue weighted by atomic mass is 10.3. The molecule has 0 atom stereocenters. The molecular weight excluding hydrogens is 452 g/mol. The fraction of sp³-hybridized carbons (Fsp3) is 0.0833. The van der Waals surface area contributed by atoms with Crippen molar-refractivity contribution in [3.05, 3.63) is 83.0 Å². The summed E-state index contributed by atoms with van der Waals surface area (Å²) in [6.07, 6.45) is 0. The van der Waals surface area contributed by atoms with E-state index in [1.807, 2.05) is 85.3 Å². The summed E-state index contributed by atoms with van der Waals surface area (Å²) < 4.78 is 4.66. The number of aryl methyl sites for hydroxylation is 2. The van der Waals surface area contributed by atoms with Crippen LogP contribution in [-0.2, 0) is 0 Å². The van der Waals surface area contributed by atoms with Crippen molar-refractivity contribution in [2.45, 2.75) is 13.8 Å². The Kier molecular flexibility index (Phi) is 4.60. The first-order valence-corrected chi connectivity index (χ1v) is 12.0. The van der Waals surface area contributed by atoms with Crippen molar-refractivity contribution in [2.75, 3.05) is 5.32 Å². The first kappa shape index (κ1) is 19.8. The van der Waals surface area contributed by atoms with E-state index in [2.05, 4.69) is 20.5 Å². The number of nitrogens with one attached hydrogen (secondary N) is 1. The maximum Gasteiger partial charge on any atom is 0.266 e. The van der Waals surface area contributed by atoms with Gasteiger partial charge < -0.3 is 5.32 Å². The molecule has 0 aliphatic carbocycles. The van der Waals surface area contributed by atoms with E-state index in [0.29, 0.717) is 15.8 Å². The highest BCUT2D eigenvalue weighted by Gasteiger charge is 2.20. The summed E-state index contributed by atoms with van der Waals surface area (Å²) >= 11 is 2.96. The van der Waals surface area contributed by atoms with Crippen molar-refractivity contribution in [3.8, 4) is 10.8 Å². The summed E-state index contributed by atoms with van der Waals surface area (Å²) in [5.74, 6) is 0.410. The number of benzene rings is 2. The van der Waals surface area contributed by atoms with Crippen LogP contribution in [0.4, 0.5) is 5.82 Å². The van der Waals surface area contributed by atoms with Crippen LogP contribution in [0.1, 0.15) is 21.1 Å². The van der Waals surface area contributed by atoms with Crippen LogP contribution in [0.15, 0.2) is 66.7 Å². The van der Waals surface area contributed by atoms with Gasteiger partial charge in [-0.05, 0) is 44.2 Å². The van der Waals surface area contributed by atoms with E-state index in [1.165, 1.54) is 22.7 Å². The van der Waals surface area contributed by atoms with Gasteiger partial charge in [0, 0.05) is 11.5 Å². The van der Waals surface area contributed by atoms with Crippen molar-refractivity contribution in [1.29, 1.82) is 0 Å². The molecule has 6 aromatic rings. The van der Waals surface area contributed by atoms with Crippen molar-refractivity contribution < 1.29 is 4.79 Å². The number of anilines is 1. The summed E-state index contributed by atoms with van der Waals surface area (Å²) in [5, 5.41) is 13.9. The highest BCUT2D eigenvalue weighted by Crippen LogP contribution is 2.32. The Labute approximate surface area is 196 Å². The summed E-state index contributed by atoms with van der Waals surface area (Å²) in [7, 11) is 0. The minimum atomic E-state index is -0.183. The molecule has 0 saturated heterocycles. The molecule has 0 aliphatic heterocycles. The summed E-state index contributed by atoms with van der Waals surface area (Å²) in [5.41, 5.74) is 3.57. The van der Waals surface area contributed by atoms with Gasteiger partial charge >= 0.3 is 0 Å². The first-order chi connectivity index (χ1) is 16.1. The highest BCUT2D eigenvalue weighted by molar-refractivity contribution is 7.21. The number of nitrogens with zero attached hydrogens (tertiary/aromatic N) is 5. The molecule has 0 spiro atoms. The highest BCUT2D eigenvalue weighted by atomic mass is 32.1. The number of thiazole rings is 1. The van der Waals surface area contributed by atoms with Crippen LogP contribution in [-0.4, -0.2) is 30.5 Å². The van der Waals surface area contributed by atoms with Crippen molar-refractivity contribution >= 4 is 54.8 Å². The molecule has 0 unspecified atom stereocenters. The Morgan fingerprint density at radius 2 is 1.70 bits per heavy atom. The number of rotatable bonds is 4. The third kappa shape index (κ3) is 3.42. The first-order valence-electron chi connectivity index (χ1n) is 10.4. The smallest absolute Gasteiger partial charge is 0.266 e. The van der Waals surface area contributed by atoms with Crippen LogP contribution in [0.5, 0.6) is 0 Å². The third-order valence-electron chi connectivity index (χ3n) is 5.31. The van der Waals surface area contributed by atoms with Gasteiger partial charge in [0.1, 0.15) is 10.6 Å². The van der Waals surface area contributed by atoms with Crippen LogP contribution in [0, 0.1) is 13.8 Å². The molecule has 4 aromatic heterocycles. The Hall–Kier alpha value is -3.82. The molecule has 0 aliphatic rings. The predicted octanol–water partition coefficient (Wildman–Crippen LogP) is 5.75. The second-order valence-corrected chi connectivity index (χ2v) is 9.70. The quantitative estimate of drug-likeness (QED) is 0.356. The molecule has 0 saturated carbocycles. The Bertz CT molecular complexity index is 1610. The van der Waals surface area contributed by atoms with E-state index in [4.69, 9.17) is 0 Å². The van der Waals surface area contributed by atoms with E-state index < -0.39 is 0 Å². The second kappa shape index (κ2) is 7.65. The van der Waals surface area contributed by atoms with Gasteiger partial charge in [-0.2, -0.15) is 14.9 Å². The minimum Gasteiger partial charge on any atom is -0.306 e. The molecule has 1 N–H and O–H groups in total. The fourth-order valence-electron chi connectivity index (χ4n) is 3.77. The molecule has 9 heteroatoms. The lowest BCUT2D eigenvalue weighted by molar-refractivity contribution is 0.103. The van der Waals surface area contributed by atoms with Crippen LogP contribution < -0.4 is 5.32 Å². The van der Waals surface area contributed by atoms with Gasteiger partial charge in [-0.25, -0.2) is 9.67 Å². The fourth-order valence-corrected chi connectivity index (χ4v) is 5.78. The van der Waals surface area contributed by atoms with Crippen LogP contribution >= 0.6 is 22.7 Å². The molecule has 4 heterocycles. The summed E-state index contributed by atoms with van der Waals surface area (Å²) in [6.45, 7) is 3.86. The Balaban J connectivity index is 1.35. The molecule has 0 radical (unpaired) electrons. The predicted molar refractivity (Wildman–Crippen MR) is 133 cm³/mol. The number of fused-ring (bicyclic) bond motifs is 2. The van der Waals surface area contributed by atoms with E-state index in [1.54, 1.807) is 4.68 Å². The van der Waals surface area contributed by atoms with E-state index in [9.17, 15) is 4.79 Å². The number of hydrogen-bond donors (Lipinski definition) is 1. The zero-order valence-corrected chi connectivity index (χ0v) is 19.4. The van der Waals surface area contributed by atoms with E-state index in [-0.39, 0.29) is 5.91 Å². The van der Waals surface area contributed by atoms with Gasteiger partial charge in [0.25, 0.3) is 5.91 Å². The van der Waals surface area contributed by atoms with Crippen LogP contribution in [0.3, 0.4) is 0 Å². The third-order valence-corrected chi connectivity index (χ3v) is 7.43. The van der Waals surface area contributed by atoms with E-state index in [0.717, 1.165) is 37.5 Å². The van der Waals surface area contributed by atoms with Crippen LogP contribution in [0.2, 0.25) is 0 Å². The Morgan fingerprint density at radius 1 is 0.909 bits per heavy atom. The molecule has 6 rings (SSSR count). The molecule has 162 valence electrons.